The van der Waals surface area contributed by atoms with Crippen molar-refractivity contribution in [3.05, 3.63) is 0 Å². The van der Waals surface area contributed by atoms with Crippen molar-refractivity contribution in [1.29, 1.82) is 0 Å². The van der Waals surface area contributed by atoms with Gasteiger partial charge in [0.2, 0.25) is 5.91 Å². The molecule has 2 heterocycles. The molecular formula is C20H35IN4O3. The third kappa shape index (κ3) is 4.01. The number of likely N-dealkylation sites (tertiary alicyclic amines) is 1. The van der Waals surface area contributed by atoms with Crippen molar-refractivity contribution in [3.63, 3.8) is 0 Å². The predicted molar refractivity (Wildman–Crippen MR) is 119 cm³/mol. The topological polar surface area (TPSA) is 75.2 Å². The summed E-state index contributed by atoms with van der Waals surface area (Å²) in [4.78, 5) is 18.4. The summed E-state index contributed by atoms with van der Waals surface area (Å²) in [5, 5.41) is 7.38. The lowest BCUT2D eigenvalue weighted by Crippen LogP contribution is -2.69. The van der Waals surface area contributed by atoms with Crippen LogP contribution in [0.25, 0.3) is 0 Å². The number of nitrogens with zero attached hydrogens (tertiary/aromatic N) is 2. The lowest BCUT2D eigenvalue weighted by atomic mass is 9.54. The first kappa shape index (κ1) is 22.1. The molecule has 160 valence electrons. The van der Waals surface area contributed by atoms with Gasteiger partial charge < -0.3 is 25.0 Å². The van der Waals surface area contributed by atoms with Gasteiger partial charge in [0.25, 0.3) is 0 Å². The van der Waals surface area contributed by atoms with Crippen LogP contribution in [-0.2, 0) is 14.3 Å². The minimum atomic E-state index is 0. The van der Waals surface area contributed by atoms with E-state index in [1.807, 2.05) is 11.9 Å². The van der Waals surface area contributed by atoms with Crippen LogP contribution < -0.4 is 10.6 Å². The molecule has 2 aliphatic carbocycles. The van der Waals surface area contributed by atoms with Crippen molar-refractivity contribution in [2.45, 2.75) is 63.1 Å². The van der Waals surface area contributed by atoms with Crippen molar-refractivity contribution in [3.8, 4) is 0 Å². The second-order valence-corrected chi connectivity index (χ2v) is 8.61. The van der Waals surface area contributed by atoms with Crippen molar-refractivity contribution in [2.24, 2.45) is 16.3 Å². The largest absolute Gasteiger partial charge is 0.377 e. The number of methoxy groups -OCH3 is 1. The Balaban J connectivity index is 0.00000225. The monoisotopic (exact) mass is 506 g/mol. The molecule has 4 rings (SSSR count). The molecule has 28 heavy (non-hydrogen) atoms. The number of aliphatic imine (C=N–C) groups is 1. The SMILES string of the molecule is CN=C(NC1CCN(C(=O)COC)CC1)NC1C2CCOC2C12CCCC2.I. The standard InChI is InChI=1S/C20H34N4O3.HI/c1-21-19(22-14-5-10-24(11-6-14)16(25)13-26-2)23-17-15-7-12-27-18(15)20(17)8-3-4-9-20;/h14-15,17-18H,3-13H2,1-2H3,(H2,21,22,23);1H. The normalized spacial score (nSPS) is 31.9. The third-order valence-corrected chi connectivity index (χ3v) is 7.26. The predicted octanol–water partition coefficient (Wildman–Crippen LogP) is 1.75. The van der Waals surface area contributed by atoms with Crippen LogP contribution in [0.15, 0.2) is 4.99 Å². The quantitative estimate of drug-likeness (QED) is 0.346. The highest BCUT2D eigenvalue weighted by Crippen LogP contribution is 2.60. The minimum absolute atomic E-state index is 0. The number of nitrogens with one attached hydrogen (secondary N) is 2. The first-order valence-electron chi connectivity index (χ1n) is 10.6. The highest BCUT2D eigenvalue weighted by molar-refractivity contribution is 14.0. The van der Waals surface area contributed by atoms with Gasteiger partial charge in [-0.25, -0.2) is 0 Å². The zero-order chi connectivity index (χ0) is 18.9. The lowest BCUT2D eigenvalue weighted by molar-refractivity contribution is -0.136. The van der Waals surface area contributed by atoms with Crippen LogP contribution in [0.2, 0.25) is 0 Å². The zero-order valence-corrected chi connectivity index (χ0v) is 19.4. The van der Waals surface area contributed by atoms with Gasteiger partial charge in [-0.3, -0.25) is 9.79 Å². The molecule has 2 saturated heterocycles. The Labute approximate surface area is 185 Å². The number of fused-ring (bicyclic) bond motifs is 2. The number of guanidine groups is 1. The summed E-state index contributed by atoms with van der Waals surface area (Å²) >= 11 is 0. The smallest absolute Gasteiger partial charge is 0.248 e. The molecule has 0 aromatic heterocycles. The molecule has 0 aromatic carbocycles. The number of carbonyl (C=O) groups excluding carboxylic acids is 1. The van der Waals surface area contributed by atoms with E-state index in [0.29, 0.717) is 29.5 Å². The average molecular weight is 506 g/mol. The Hall–Kier alpha value is -0.610. The van der Waals surface area contributed by atoms with Gasteiger partial charge in [-0.1, -0.05) is 12.8 Å². The summed E-state index contributed by atoms with van der Waals surface area (Å²) in [6, 6.07) is 0.847. The molecule has 4 aliphatic rings. The molecule has 2 saturated carbocycles. The summed E-state index contributed by atoms with van der Waals surface area (Å²) in [7, 11) is 3.43. The number of piperidine rings is 1. The maximum absolute atomic E-state index is 12.0. The van der Waals surface area contributed by atoms with Gasteiger partial charge in [0, 0.05) is 57.3 Å². The molecule has 0 aromatic rings. The summed E-state index contributed by atoms with van der Waals surface area (Å²) in [5.74, 6) is 1.64. The lowest BCUT2D eigenvalue weighted by Gasteiger charge is -2.57. The van der Waals surface area contributed by atoms with Crippen LogP contribution in [0, 0.1) is 11.3 Å². The van der Waals surface area contributed by atoms with Gasteiger partial charge in [-0.05, 0) is 32.1 Å². The highest BCUT2D eigenvalue weighted by Gasteiger charge is 2.65. The molecule has 0 radical (unpaired) electrons. The Kier molecular flexibility index (Phi) is 7.47. The van der Waals surface area contributed by atoms with Crippen molar-refractivity contribution in [1.82, 2.24) is 15.5 Å². The number of hydrogen-bond acceptors (Lipinski definition) is 4. The van der Waals surface area contributed by atoms with Crippen molar-refractivity contribution in [2.75, 3.05) is 40.5 Å². The van der Waals surface area contributed by atoms with E-state index in [1.54, 1.807) is 7.11 Å². The molecule has 7 nitrogen and oxygen atoms in total. The molecule has 4 fully saturated rings. The van der Waals surface area contributed by atoms with Crippen molar-refractivity contribution < 1.29 is 14.3 Å². The molecule has 3 unspecified atom stereocenters. The summed E-state index contributed by atoms with van der Waals surface area (Å²) in [5.41, 5.74) is 0.328. The minimum Gasteiger partial charge on any atom is -0.377 e. The fraction of sp³-hybridized carbons (Fsp3) is 0.900. The molecular weight excluding hydrogens is 471 g/mol. The number of hydrogen-bond donors (Lipinski definition) is 2. The van der Waals surface area contributed by atoms with E-state index in [4.69, 9.17) is 9.47 Å². The van der Waals surface area contributed by atoms with E-state index in [2.05, 4.69) is 15.6 Å². The van der Waals surface area contributed by atoms with Gasteiger partial charge in [0.15, 0.2) is 5.96 Å². The van der Waals surface area contributed by atoms with E-state index in [-0.39, 0.29) is 36.5 Å². The molecule has 8 heteroatoms. The summed E-state index contributed by atoms with van der Waals surface area (Å²) in [6.07, 6.45) is 8.73. The molecule has 2 aliphatic heterocycles. The van der Waals surface area contributed by atoms with Crippen LogP contribution in [0.1, 0.15) is 44.9 Å². The Morgan fingerprint density at radius 3 is 2.57 bits per heavy atom. The first-order chi connectivity index (χ1) is 13.2. The number of halogens is 1. The Bertz CT molecular complexity index is 574. The van der Waals surface area contributed by atoms with Crippen LogP contribution in [0.4, 0.5) is 0 Å². The first-order valence-corrected chi connectivity index (χ1v) is 10.6. The molecule has 0 bridgehead atoms. The van der Waals surface area contributed by atoms with Crippen molar-refractivity contribution >= 4 is 35.8 Å². The molecule has 3 atom stereocenters. The molecule has 1 spiro atoms. The van der Waals surface area contributed by atoms with Crippen LogP contribution >= 0.6 is 24.0 Å². The summed E-state index contributed by atoms with van der Waals surface area (Å²) < 4.78 is 11.1. The maximum atomic E-state index is 12.0. The second-order valence-electron chi connectivity index (χ2n) is 8.61. The van der Waals surface area contributed by atoms with Crippen LogP contribution in [-0.4, -0.2) is 75.4 Å². The number of rotatable bonds is 4. The van der Waals surface area contributed by atoms with Gasteiger partial charge in [-0.2, -0.15) is 0 Å². The van der Waals surface area contributed by atoms with Gasteiger partial charge in [0.05, 0.1) is 6.10 Å². The zero-order valence-electron chi connectivity index (χ0n) is 17.1. The maximum Gasteiger partial charge on any atom is 0.248 e. The average Bonchev–Trinajstić information content (AvgIpc) is 3.34. The van der Waals surface area contributed by atoms with E-state index in [9.17, 15) is 4.79 Å². The van der Waals surface area contributed by atoms with E-state index < -0.39 is 0 Å². The van der Waals surface area contributed by atoms with E-state index in [1.165, 1.54) is 32.1 Å². The van der Waals surface area contributed by atoms with Gasteiger partial charge in [-0.15, -0.1) is 24.0 Å². The van der Waals surface area contributed by atoms with Gasteiger partial charge >= 0.3 is 0 Å². The third-order valence-electron chi connectivity index (χ3n) is 7.26. The molecule has 1 amide bonds. The van der Waals surface area contributed by atoms with Gasteiger partial charge in [0.1, 0.15) is 6.61 Å². The van der Waals surface area contributed by atoms with Crippen LogP contribution in [0.5, 0.6) is 0 Å². The highest BCUT2D eigenvalue weighted by atomic mass is 127. The Morgan fingerprint density at radius 2 is 1.93 bits per heavy atom. The Morgan fingerprint density at radius 1 is 1.21 bits per heavy atom. The van der Waals surface area contributed by atoms with E-state index >= 15 is 0 Å². The second kappa shape index (κ2) is 9.47. The molecule has 2 N–H and O–H groups in total. The number of ether oxygens (including phenoxy) is 2. The van der Waals surface area contributed by atoms with E-state index in [0.717, 1.165) is 38.5 Å². The number of carbonyl (C=O) groups is 1. The fourth-order valence-electron chi connectivity index (χ4n) is 5.90. The fourth-order valence-corrected chi connectivity index (χ4v) is 5.90. The van der Waals surface area contributed by atoms with Crippen LogP contribution in [0.3, 0.4) is 0 Å². The summed E-state index contributed by atoms with van der Waals surface area (Å²) in [6.45, 7) is 2.65. The number of amides is 1.